The third-order valence-corrected chi connectivity index (χ3v) is 3.15. The second-order valence-electron chi connectivity index (χ2n) is 4.06. The number of ketones is 1. The average molecular weight is 313 g/mol. The van der Waals surface area contributed by atoms with Crippen LogP contribution in [0, 0.1) is 0 Å². The molecule has 0 radical (unpaired) electrons. The van der Waals surface area contributed by atoms with E-state index in [1.807, 2.05) is 67.6 Å². The summed E-state index contributed by atoms with van der Waals surface area (Å²) in [4.78, 5) is 12.4. The summed E-state index contributed by atoms with van der Waals surface area (Å²) in [7, 11) is 0. The Morgan fingerprint density at radius 2 is 1.79 bits per heavy atom. The van der Waals surface area contributed by atoms with E-state index in [0.29, 0.717) is 11.1 Å². The Kier molecular flexibility index (Phi) is 4.51. The second kappa shape index (κ2) is 6.33. The first kappa shape index (κ1) is 13.5. The molecule has 0 bridgehead atoms. The number of halogens is 1. The van der Waals surface area contributed by atoms with Gasteiger partial charge < -0.3 is 0 Å². The molecular weight excluding hydrogens is 300 g/mol. The van der Waals surface area contributed by atoms with Crippen LogP contribution in [0.5, 0.6) is 0 Å². The summed E-state index contributed by atoms with van der Waals surface area (Å²) in [6.45, 7) is 1.91. The van der Waals surface area contributed by atoms with Crippen LogP contribution in [0.15, 0.2) is 64.8 Å². The van der Waals surface area contributed by atoms with Crippen molar-refractivity contribution in [3.05, 3.63) is 81.5 Å². The van der Waals surface area contributed by atoms with Gasteiger partial charge in [0.05, 0.1) is 0 Å². The highest BCUT2D eigenvalue weighted by atomic mass is 79.9. The van der Waals surface area contributed by atoms with E-state index < -0.39 is 0 Å². The van der Waals surface area contributed by atoms with E-state index in [1.54, 1.807) is 0 Å². The lowest BCUT2D eigenvalue weighted by atomic mass is 10.0. The predicted octanol–water partition coefficient (Wildman–Crippen LogP) is 4.87. The van der Waals surface area contributed by atoms with Gasteiger partial charge in [0, 0.05) is 15.6 Å². The van der Waals surface area contributed by atoms with Gasteiger partial charge in [0.15, 0.2) is 5.78 Å². The number of benzene rings is 2. The van der Waals surface area contributed by atoms with Gasteiger partial charge in [0.25, 0.3) is 0 Å². The first-order valence-corrected chi connectivity index (χ1v) is 6.77. The molecule has 2 rings (SSSR count). The summed E-state index contributed by atoms with van der Waals surface area (Å²) in [5.74, 6) is 0.0250. The third-order valence-electron chi connectivity index (χ3n) is 2.65. The van der Waals surface area contributed by atoms with Crippen LogP contribution >= 0.6 is 15.9 Å². The van der Waals surface area contributed by atoms with E-state index in [-0.39, 0.29) is 5.78 Å². The molecule has 0 aromatic heterocycles. The van der Waals surface area contributed by atoms with Crippen LogP contribution < -0.4 is 0 Å². The number of allylic oxidation sites excluding steroid dienone is 1. The van der Waals surface area contributed by atoms with E-state index in [4.69, 9.17) is 0 Å². The van der Waals surface area contributed by atoms with E-state index in [2.05, 4.69) is 21.7 Å². The lowest BCUT2D eigenvalue weighted by Gasteiger charge is -2.03. The van der Waals surface area contributed by atoms with Gasteiger partial charge in [-0.3, -0.25) is 4.79 Å². The first-order chi connectivity index (χ1) is 9.20. The Balaban J connectivity index is 2.36. The van der Waals surface area contributed by atoms with Crippen LogP contribution in [0.1, 0.15) is 28.4 Å². The van der Waals surface area contributed by atoms with Crippen molar-refractivity contribution in [2.75, 3.05) is 0 Å². The van der Waals surface area contributed by atoms with Crippen LogP contribution in [0.25, 0.3) is 6.08 Å². The van der Waals surface area contributed by atoms with Crippen molar-refractivity contribution in [1.82, 2.24) is 0 Å². The molecule has 0 saturated heterocycles. The zero-order valence-electron chi connectivity index (χ0n) is 10.6. The molecule has 2 aromatic carbocycles. The minimum Gasteiger partial charge on any atom is -0.289 e. The lowest BCUT2D eigenvalue weighted by molar-refractivity contribution is 0.103. The SMILES string of the molecule is CC=C=Cc1cccc(C(=O)c2cccc(Br)c2)c1. The van der Waals surface area contributed by atoms with Gasteiger partial charge in [0.1, 0.15) is 0 Å². The monoisotopic (exact) mass is 312 g/mol. The fourth-order valence-electron chi connectivity index (χ4n) is 1.75. The molecule has 2 heteroatoms. The van der Waals surface area contributed by atoms with Crippen molar-refractivity contribution in [2.45, 2.75) is 6.92 Å². The molecule has 0 aliphatic rings. The second-order valence-corrected chi connectivity index (χ2v) is 4.98. The summed E-state index contributed by atoms with van der Waals surface area (Å²) in [5, 5.41) is 0. The molecule has 19 heavy (non-hydrogen) atoms. The van der Waals surface area contributed by atoms with Gasteiger partial charge in [-0.25, -0.2) is 0 Å². The largest absolute Gasteiger partial charge is 0.289 e. The first-order valence-electron chi connectivity index (χ1n) is 5.98. The Morgan fingerprint density at radius 1 is 1.11 bits per heavy atom. The molecule has 0 heterocycles. The zero-order chi connectivity index (χ0) is 13.7. The van der Waals surface area contributed by atoms with Gasteiger partial charge in [-0.2, -0.15) is 0 Å². The zero-order valence-corrected chi connectivity index (χ0v) is 12.1. The van der Waals surface area contributed by atoms with Crippen molar-refractivity contribution in [1.29, 1.82) is 0 Å². The van der Waals surface area contributed by atoms with Crippen LogP contribution in [-0.4, -0.2) is 5.78 Å². The quantitative estimate of drug-likeness (QED) is 0.584. The summed E-state index contributed by atoms with van der Waals surface area (Å²) >= 11 is 3.38. The van der Waals surface area contributed by atoms with Gasteiger partial charge in [-0.05, 0) is 42.8 Å². The normalized spacial score (nSPS) is 9.58. The smallest absolute Gasteiger partial charge is 0.193 e. The van der Waals surface area contributed by atoms with Crippen LogP contribution in [0.3, 0.4) is 0 Å². The van der Waals surface area contributed by atoms with E-state index in [1.165, 1.54) is 0 Å². The molecule has 0 aliphatic heterocycles. The Bertz CT molecular complexity index is 664. The summed E-state index contributed by atoms with van der Waals surface area (Å²) < 4.78 is 0.906. The Morgan fingerprint density at radius 3 is 2.47 bits per heavy atom. The molecule has 1 nitrogen and oxygen atoms in total. The Hall–Kier alpha value is -1.89. The number of carbonyl (C=O) groups excluding carboxylic acids is 1. The van der Waals surface area contributed by atoms with Crippen LogP contribution in [-0.2, 0) is 0 Å². The van der Waals surface area contributed by atoms with Crippen molar-refractivity contribution >= 4 is 27.8 Å². The highest BCUT2D eigenvalue weighted by molar-refractivity contribution is 9.10. The molecule has 0 saturated carbocycles. The lowest BCUT2D eigenvalue weighted by Crippen LogP contribution is -2.01. The summed E-state index contributed by atoms with van der Waals surface area (Å²) in [5.41, 5.74) is 5.35. The predicted molar refractivity (Wildman–Crippen MR) is 82.2 cm³/mol. The molecule has 0 N–H and O–H groups in total. The fourth-order valence-corrected chi connectivity index (χ4v) is 2.14. The minimum absolute atomic E-state index is 0.0250. The molecule has 0 aliphatic carbocycles. The van der Waals surface area contributed by atoms with Gasteiger partial charge in [-0.15, -0.1) is 5.73 Å². The standard InChI is InChI=1S/C17H13BrO/c1-2-3-6-13-7-4-8-14(11-13)17(19)15-9-5-10-16(18)12-15/h2,4-12H,1H3. The molecule has 2 aromatic rings. The van der Waals surface area contributed by atoms with Crippen LogP contribution in [0.2, 0.25) is 0 Å². The van der Waals surface area contributed by atoms with Gasteiger partial charge in [0.2, 0.25) is 0 Å². The van der Waals surface area contributed by atoms with Crippen molar-refractivity contribution < 1.29 is 4.79 Å². The van der Waals surface area contributed by atoms with E-state index >= 15 is 0 Å². The average Bonchev–Trinajstić information content (AvgIpc) is 2.44. The molecule has 0 fully saturated rings. The number of hydrogen-bond donors (Lipinski definition) is 0. The van der Waals surface area contributed by atoms with Crippen LogP contribution in [0.4, 0.5) is 0 Å². The molecule has 94 valence electrons. The highest BCUT2D eigenvalue weighted by Gasteiger charge is 2.09. The molecule has 0 unspecified atom stereocenters. The highest BCUT2D eigenvalue weighted by Crippen LogP contribution is 2.16. The summed E-state index contributed by atoms with van der Waals surface area (Å²) in [6, 6.07) is 15.0. The number of carbonyl (C=O) groups is 1. The third kappa shape index (κ3) is 3.54. The number of hydrogen-bond acceptors (Lipinski definition) is 1. The molecule has 0 spiro atoms. The number of rotatable bonds is 3. The van der Waals surface area contributed by atoms with E-state index in [0.717, 1.165) is 10.0 Å². The minimum atomic E-state index is 0.0250. The molecule has 0 atom stereocenters. The summed E-state index contributed by atoms with van der Waals surface area (Å²) in [6.07, 6.45) is 3.69. The maximum absolute atomic E-state index is 12.4. The molecular formula is C17H13BrO. The van der Waals surface area contributed by atoms with Crippen molar-refractivity contribution in [3.63, 3.8) is 0 Å². The molecule has 0 amide bonds. The topological polar surface area (TPSA) is 17.1 Å². The maximum atomic E-state index is 12.4. The van der Waals surface area contributed by atoms with Gasteiger partial charge in [-0.1, -0.05) is 46.3 Å². The van der Waals surface area contributed by atoms with E-state index in [9.17, 15) is 4.79 Å². The Labute approximate surface area is 121 Å². The van der Waals surface area contributed by atoms with Crippen molar-refractivity contribution in [3.8, 4) is 0 Å². The fraction of sp³-hybridized carbons (Fsp3) is 0.0588. The van der Waals surface area contributed by atoms with Crippen molar-refractivity contribution in [2.24, 2.45) is 0 Å². The maximum Gasteiger partial charge on any atom is 0.193 e. The van der Waals surface area contributed by atoms with Gasteiger partial charge >= 0.3 is 0 Å².